The number of hydrogen-bond acceptors (Lipinski definition) is 4. The van der Waals surface area contributed by atoms with E-state index in [0.29, 0.717) is 17.1 Å². The Bertz CT molecular complexity index is 851. The summed E-state index contributed by atoms with van der Waals surface area (Å²) in [7, 11) is 1.34. The molecule has 2 aromatic carbocycles. The number of carbonyl (C=O) groups is 1. The third-order valence-electron chi connectivity index (χ3n) is 3.36. The summed E-state index contributed by atoms with van der Waals surface area (Å²) in [6, 6.07) is 17.2. The molecule has 0 atom stereocenters. The van der Waals surface area contributed by atoms with Crippen molar-refractivity contribution in [1.29, 1.82) is 0 Å². The Kier molecular flexibility index (Phi) is 4.48. The van der Waals surface area contributed by atoms with E-state index >= 15 is 0 Å². The van der Waals surface area contributed by atoms with Crippen molar-refractivity contribution in [1.82, 2.24) is 9.97 Å². The monoisotopic (exact) mass is 368 g/mol. The van der Waals surface area contributed by atoms with Gasteiger partial charge in [-0.05, 0) is 6.07 Å². The Morgan fingerprint density at radius 2 is 1.74 bits per heavy atom. The van der Waals surface area contributed by atoms with Crippen LogP contribution in [0.25, 0.3) is 22.6 Å². The highest BCUT2D eigenvalue weighted by molar-refractivity contribution is 9.10. The Morgan fingerprint density at radius 1 is 1.04 bits per heavy atom. The maximum atomic E-state index is 12.0. The molecule has 0 N–H and O–H groups in total. The zero-order valence-corrected chi connectivity index (χ0v) is 13.9. The van der Waals surface area contributed by atoms with Crippen molar-refractivity contribution in [2.75, 3.05) is 7.11 Å². The lowest BCUT2D eigenvalue weighted by molar-refractivity contribution is 0.0601. The molecule has 1 heterocycles. The molecule has 5 heteroatoms. The first-order chi connectivity index (χ1) is 11.2. The fourth-order valence-corrected chi connectivity index (χ4v) is 2.70. The quantitative estimate of drug-likeness (QED) is 0.644. The van der Waals surface area contributed by atoms with Crippen LogP contribution < -0.4 is 0 Å². The van der Waals surface area contributed by atoms with Gasteiger partial charge in [0.2, 0.25) is 0 Å². The number of aromatic nitrogens is 2. The van der Waals surface area contributed by atoms with E-state index in [2.05, 4.69) is 25.9 Å². The average Bonchev–Trinajstić information content (AvgIpc) is 2.62. The van der Waals surface area contributed by atoms with Gasteiger partial charge < -0.3 is 4.74 Å². The summed E-state index contributed by atoms with van der Waals surface area (Å²) in [6.07, 6.45) is 1.51. The van der Waals surface area contributed by atoms with Gasteiger partial charge in [0.1, 0.15) is 5.56 Å². The van der Waals surface area contributed by atoms with Crippen LogP contribution in [0, 0.1) is 0 Å². The highest BCUT2D eigenvalue weighted by Crippen LogP contribution is 2.30. The molecule has 0 saturated heterocycles. The molecule has 0 aliphatic heterocycles. The number of methoxy groups -OCH3 is 1. The van der Waals surface area contributed by atoms with Crippen LogP contribution in [0.2, 0.25) is 0 Å². The van der Waals surface area contributed by atoms with E-state index in [1.54, 1.807) is 0 Å². The third kappa shape index (κ3) is 3.14. The fourth-order valence-electron chi connectivity index (χ4n) is 2.23. The van der Waals surface area contributed by atoms with E-state index in [1.165, 1.54) is 13.3 Å². The number of ether oxygens (including phenoxy) is 1. The molecule has 0 fully saturated rings. The van der Waals surface area contributed by atoms with E-state index < -0.39 is 5.97 Å². The Hall–Kier alpha value is -2.53. The lowest BCUT2D eigenvalue weighted by Gasteiger charge is -2.10. The Balaban J connectivity index is 2.21. The number of hydrogen-bond donors (Lipinski definition) is 0. The summed E-state index contributed by atoms with van der Waals surface area (Å²) in [5.41, 5.74) is 2.57. The fraction of sp³-hybridized carbons (Fsp3) is 0.0556. The molecule has 1 aromatic heterocycles. The van der Waals surface area contributed by atoms with Gasteiger partial charge in [-0.25, -0.2) is 14.8 Å². The van der Waals surface area contributed by atoms with Crippen LogP contribution in [0.15, 0.2) is 65.3 Å². The summed E-state index contributed by atoms with van der Waals surface area (Å²) >= 11 is 3.51. The minimum atomic E-state index is -0.463. The van der Waals surface area contributed by atoms with Crippen molar-refractivity contribution in [2.24, 2.45) is 0 Å². The standard InChI is InChI=1S/C18H13BrN2O2/c1-23-18(22)14-11-20-17(12-7-3-2-4-8-12)21-16(14)13-9-5-6-10-15(13)19/h2-11H,1H3. The normalized spacial score (nSPS) is 10.3. The summed E-state index contributed by atoms with van der Waals surface area (Å²) in [5.74, 6) is 0.0966. The third-order valence-corrected chi connectivity index (χ3v) is 4.05. The largest absolute Gasteiger partial charge is 0.465 e. The van der Waals surface area contributed by atoms with Gasteiger partial charge in [0.25, 0.3) is 0 Å². The number of rotatable bonds is 3. The molecule has 0 amide bonds. The molecule has 0 unspecified atom stereocenters. The molecule has 0 radical (unpaired) electrons. The first-order valence-electron chi connectivity index (χ1n) is 6.96. The Labute approximate surface area is 142 Å². The van der Waals surface area contributed by atoms with Crippen LogP contribution in [0.4, 0.5) is 0 Å². The minimum Gasteiger partial charge on any atom is -0.465 e. The number of carbonyl (C=O) groups excluding carboxylic acids is 1. The predicted octanol–water partition coefficient (Wildman–Crippen LogP) is 4.36. The topological polar surface area (TPSA) is 52.1 Å². The second kappa shape index (κ2) is 6.71. The van der Waals surface area contributed by atoms with Crippen molar-refractivity contribution < 1.29 is 9.53 Å². The molecule has 23 heavy (non-hydrogen) atoms. The number of halogens is 1. The highest BCUT2D eigenvalue weighted by Gasteiger charge is 2.18. The lowest BCUT2D eigenvalue weighted by Crippen LogP contribution is -2.07. The highest BCUT2D eigenvalue weighted by atomic mass is 79.9. The SMILES string of the molecule is COC(=O)c1cnc(-c2ccccc2)nc1-c1ccccc1Br. The molecular formula is C18H13BrN2O2. The van der Waals surface area contributed by atoms with Crippen LogP contribution in [0.5, 0.6) is 0 Å². The summed E-state index contributed by atoms with van der Waals surface area (Å²) < 4.78 is 5.70. The average molecular weight is 369 g/mol. The van der Waals surface area contributed by atoms with E-state index in [0.717, 1.165) is 15.6 Å². The summed E-state index contributed by atoms with van der Waals surface area (Å²) in [5, 5.41) is 0. The van der Waals surface area contributed by atoms with E-state index in [-0.39, 0.29) is 0 Å². The van der Waals surface area contributed by atoms with Gasteiger partial charge in [0.15, 0.2) is 5.82 Å². The van der Waals surface area contributed by atoms with Crippen molar-refractivity contribution in [3.63, 3.8) is 0 Å². The van der Waals surface area contributed by atoms with E-state index in [1.807, 2.05) is 54.6 Å². The van der Waals surface area contributed by atoms with Gasteiger partial charge in [-0.15, -0.1) is 0 Å². The summed E-state index contributed by atoms with van der Waals surface area (Å²) in [6.45, 7) is 0. The van der Waals surface area contributed by atoms with Crippen LogP contribution >= 0.6 is 15.9 Å². The summed E-state index contributed by atoms with van der Waals surface area (Å²) in [4.78, 5) is 21.0. The molecule has 0 saturated carbocycles. The molecule has 0 bridgehead atoms. The van der Waals surface area contributed by atoms with Crippen molar-refractivity contribution >= 4 is 21.9 Å². The van der Waals surface area contributed by atoms with Crippen LogP contribution in [0.3, 0.4) is 0 Å². The van der Waals surface area contributed by atoms with Gasteiger partial charge >= 0.3 is 5.97 Å². The smallest absolute Gasteiger partial charge is 0.341 e. The maximum Gasteiger partial charge on any atom is 0.341 e. The van der Waals surface area contributed by atoms with Gasteiger partial charge in [-0.2, -0.15) is 0 Å². The van der Waals surface area contributed by atoms with E-state index in [4.69, 9.17) is 4.74 Å². The second-order valence-corrected chi connectivity index (χ2v) is 5.65. The Morgan fingerprint density at radius 3 is 2.43 bits per heavy atom. The molecule has 3 rings (SSSR count). The van der Waals surface area contributed by atoms with Crippen molar-refractivity contribution in [3.05, 3.63) is 70.8 Å². The molecule has 3 aromatic rings. The predicted molar refractivity (Wildman–Crippen MR) is 91.9 cm³/mol. The molecule has 0 spiro atoms. The second-order valence-electron chi connectivity index (χ2n) is 4.79. The van der Waals surface area contributed by atoms with Crippen LogP contribution in [0.1, 0.15) is 10.4 Å². The minimum absolute atomic E-state index is 0.332. The van der Waals surface area contributed by atoms with Crippen molar-refractivity contribution in [2.45, 2.75) is 0 Å². The van der Waals surface area contributed by atoms with Crippen molar-refractivity contribution in [3.8, 4) is 22.6 Å². The molecule has 114 valence electrons. The first kappa shape index (κ1) is 15.4. The first-order valence-corrected chi connectivity index (χ1v) is 7.75. The molecular weight excluding hydrogens is 356 g/mol. The zero-order chi connectivity index (χ0) is 16.2. The number of nitrogens with zero attached hydrogens (tertiary/aromatic N) is 2. The molecule has 4 nitrogen and oxygen atoms in total. The molecule has 0 aliphatic rings. The van der Waals surface area contributed by atoms with Crippen LogP contribution in [-0.2, 0) is 4.74 Å². The van der Waals surface area contributed by atoms with Gasteiger partial charge in [0.05, 0.1) is 12.8 Å². The molecule has 0 aliphatic carbocycles. The number of esters is 1. The van der Waals surface area contributed by atoms with Gasteiger partial charge in [0, 0.05) is 21.8 Å². The zero-order valence-electron chi connectivity index (χ0n) is 12.4. The van der Waals surface area contributed by atoms with E-state index in [9.17, 15) is 4.79 Å². The van der Waals surface area contributed by atoms with Gasteiger partial charge in [-0.1, -0.05) is 64.5 Å². The van der Waals surface area contributed by atoms with Crippen LogP contribution in [-0.4, -0.2) is 23.0 Å². The number of benzene rings is 2. The lowest BCUT2D eigenvalue weighted by atomic mass is 10.1. The van der Waals surface area contributed by atoms with Gasteiger partial charge in [-0.3, -0.25) is 0 Å². The maximum absolute atomic E-state index is 12.0.